The van der Waals surface area contributed by atoms with Crippen LogP contribution in [-0.4, -0.2) is 40.9 Å². The number of para-hydroxylation sites is 1. The Balaban J connectivity index is 1.72. The first-order valence-corrected chi connectivity index (χ1v) is 9.35. The molecule has 0 spiro atoms. The van der Waals surface area contributed by atoms with Gasteiger partial charge in [-0.05, 0) is 37.9 Å². The van der Waals surface area contributed by atoms with Gasteiger partial charge in [0.15, 0.2) is 0 Å². The van der Waals surface area contributed by atoms with Gasteiger partial charge in [-0.25, -0.2) is 4.98 Å². The highest BCUT2D eigenvalue weighted by Gasteiger charge is 2.32. The molecular weight excluding hydrogens is 405 g/mol. The third-order valence-corrected chi connectivity index (χ3v) is 4.62. The number of halogens is 3. The molecule has 0 radical (unpaired) electrons. The van der Waals surface area contributed by atoms with Crippen molar-refractivity contribution in [3.8, 4) is 5.75 Å². The molecule has 0 amide bonds. The Morgan fingerprint density at radius 1 is 1.23 bits per heavy atom. The maximum atomic E-state index is 12.6. The van der Waals surface area contributed by atoms with Gasteiger partial charge in [0.1, 0.15) is 11.9 Å². The molecule has 30 heavy (non-hydrogen) atoms. The van der Waals surface area contributed by atoms with Gasteiger partial charge in [0.25, 0.3) is 0 Å². The largest absolute Gasteiger partial charge is 0.573 e. The van der Waals surface area contributed by atoms with E-state index >= 15 is 0 Å². The lowest BCUT2D eigenvalue weighted by Crippen LogP contribution is -2.31. The van der Waals surface area contributed by atoms with Gasteiger partial charge in [0.2, 0.25) is 11.8 Å². The zero-order valence-corrected chi connectivity index (χ0v) is 15.9. The van der Waals surface area contributed by atoms with E-state index in [4.69, 9.17) is 0 Å². The minimum Gasteiger partial charge on any atom is -0.405 e. The van der Waals surface area contributed by atoms with Gasteiger partial charge in [-0.1, -0.05) is 18.2 Å². The van der Waals surface area contributed by atoms with Crippen LogP contribution in [0.2, 0.25) is 0 Å². The first-order valence-electron chi connectivity index (χ1n) is 9.35. The van der Waals surface area contributed by atoms with Crippen LogP contribution in [0, 0.1) is 16.0 Å². The summed E-state index contributed by atoms with van der Waals surface area (Å²) in [5.41, 5.74) is -0.205. The third kappa shape index (κ3) is 6.17. The lowest BCUT2D eigenvalue weighted by atomic mass is 9.98. The van der Waals surface area contributed by atoms with E-state index in [-0.39, 0.29) is 29.6 Å². The van der Waals surface area contributed by atoms with Crippen LogP contribution in [0.5, 0.6) is 5.75 Å². The molecule has 0 unspecified atom stereocenters. The maximum absolute atomic E-state index is 12.6. The Labute approximate surface area is 170 Å². The van der Waals surface area contributed by atoms with E-state index in [9.17, 15) is 23.3 Å². The van der Waals surface area contributed by atoms with E-state index in [2.05, 4.69) is 30.7 Å². The van der Waals surface area contributed by atoms with E-state index in [1.54, 1.807) is 6.07 Å². The summed E-state index contributed by atoms with van der Waals surface area (Å²) in [5, 5.41) is 20.4. The summed E-state index contributed by atoms with van der Waals surface area (Å²) in [6.07, 6.45) is -1.77. The fraction of sp³-hybridized carbons (Fsp3) is 0.444. The molecule has 1 fully saturated rings. The number of rotatable bonds is 8. The van der Waals surface area contributed by atoms with Crippen molar-refractivity contribution in [3.05, 3.63) is 46.1 Å². The summed E-state index contributed by atoms with van der Waals surface area (Å²) in [6, 6.07) is 5.55. The number of anilines is 2. The van der Waals surface area contributed by atoms with Crippen LogP contribution in [0.3, 0.4) is 0 Å². The van der Waals surface area contributed by atoms with Crippen molar-refractivity contribution in [2.24, 2.45) is 5.92 Å². The number of nitrogens with zero attached hydrogens (tertiary/aromatic N) is 3. The van der Waals surface area contributed by atoms with Crippen molar-refractivity contribution in [1.29, 1.82) is 0 Å². The van der Waals surface area contributed by atoms with Crippen molar-refractivity contribution in [2.75, 3.05) is 30.3 Å². The minimum absolute atomic E-state index is 0.0929. The molecule has 3 rings (SSSR count). The molecule has 12 heteroatoms. The number of piperidine rings is 1. The normalized spacial score (nSPS) is 14.9. The van der Waals surface area contributed by atoms with Gasteiger partial charge in [0.05, 0.1) is 4.92 Å². The second-order valence-corrected chi connectivity index (χ2v) is 6.77. The Hall–Kier alpha value is -3.15. The Morgan fingerprint density at radius 3 is 2.67 bits per heavy atom. The number of benzene rings is 1. The smallest absolute Gasteiger partial charge is 0.405 e. The second kappa shape index (κ2) is 9.57. The summed E-state index contributed by atoms with van der Waals surface area (Å²) in [5.74, 6) is 0.164. The van der Waals surface area contributed by atoms with E-state index in [1.165, 1.54) is 18.2 Å². The molecule has 162 valence electrons. The van der Waals surface area contributed by atoms with Crippen molar-refractivity contribution in [3.63, 3.8) is 0 Å². The van der Waals surface area contributed by atoms with Crippen molar-refractivity contribution in [2.45, 2.75) is 25.7 Å². The number of ether oxygens (including phenoxy) is 1. The van der Waals surface area contributed by atoms with E-state index in [1.807, 2.05) is 0 Å². The van der Waals surface area contributed by atoms with Crippen molar-refractivity contribution < 1.29 is 22.8 Å². The summed E-state index contributed by atoms with van der Waals surface area (Å²) in [7, 11) is 0. The van der Waals surface area contributed by atoms with Crippen LogP contribution >= 0.6 is 0 Å². The molecule has 9 nitrogen and oxygen atoms in total. The van der Waals surface area contributed by atoms with Gasteiger partial charge >= 0.3 is 12.0 Å². The van der Waals surface area contributed by atoms with Crippen LogP contribution in [-0.2, 0) is 6.54 Å². The standard InChI is InChI=1S/C18H21F3N6O3/c19-18(20,21)30-15-4-2-1-3-13(15)10-23-16-14(27(28)29)11-25-17(26-16)24-9-12-5-7-22-8-6-12/h1-4,11-12,22H,5-10H2,(H2,23,24,25,26). The fourth-order valence-electron chi connectivity index (χ4n) is 3.10. The molecule has 2 aromatic rings. The van der Waals surface area contributed by atoms with Crippen LogP contribution in [0.15, 0.2) is 30.5 Å². The predicted molar refractivity (Wildman–Crippen MR) is 103 cm³/mol. The lowest BCUT2D eigenvalue weighted by molar-refractivity contribution is -0.384. The molecule has 0 aliphatic carbocycles. The molecule has 3 N–H and O–H groups in total. The topological polar surface area (TPSA) is 114 Å². The Morgan fingerprint density at radius 2 is 1.97 bits per heavy atom. The zero-order chi connectivity index (χ0) is 21.6. The molecule has 0 atom stereocenters. The Kier molecular flexibility index (Phi) is 6.87. The van der Waals surface area contributed by atoms with Gasteiger partial charge in [-0.3, -0.25) is 10.1 Å². The Bertz CT molecular complexity index is 874. The van der Waals surface area contributed by atoms with E-state index in [0.29, 0.717) is 12.5 Å². The van der Waals surface area contributed by atoms with E-state index in [0.717, 1.165) is 32.1 Å². The summed E-state index contributed by atoms with van der Waals surface area (Å²) < 4.78 is 41.7. The highest BCUT2D eigenvalue weighted by Crippen LogP contribution is 2.28. The number of hydrogen-bond donors (Lipinski definition) is 3. The first-order chi connectivity index (χ1) is 14.3. The van der Waals surface area contributed by atoms with Crippen LogP contribution in [0.25, 0.3) is 0 Å². The second-order valence-electron chi connectivity index (χ2n) is 6.77. The average Bonchev–Trinajstić information content (AvgIpc) is 2.71. The van der Waals surface area contributed by atoms with Crippen molar-refractivity contribution >= 4 is 17.5 Å². The summed E-state index contributed by atoms with van der Waals surface area (Å²) in [4.78, 5) is 18.8. The fourth-order valence-corrected chi connectivity index (χ4v) is 3.10. The molecule has 0 saturated carbocycles. The molecule has 0 bridgehead atoms. The monoisotopic (exact) mass is 426 g/mol. The molecule has 1 saturated heterocycles. The van der Waals surface area contributed by atoms with E-state index < -0.39 is 17.0 Å². The number of nitro groups is 1. The summed E-state index contributed by atoms with van der Waals surface area (Å²) in [6.45, 7) is 2.33. The van der Waals surface area contributed by atoms with Crippen molar-refractivity contribution in [1.82, 2.24) is 15.3 Å². The molecular formula is C18H21F3N6O3. The highest BCUT2D eigenvalue weighted by atomic mass is 19.4. The van der Waals surface area contributed by atoms with Gasteiger partial charge in [-0.15, -0.1) is 13.2 Å². The maximum Gasteiger partial charge on any atom is 0.573 e. The average molecular weight is 426 g/mol. The van der Waals surface area contributed by atoms with Gasteiger partial charge in [-0.2, -0.15) is 4.98 Å². The SMILES string of the molecule is O=[N+]([O-])c1cnc(NCC2CCNCC2)nc1NCc1ccccc1OC(F)(F)F. The molecule has 1 aliphatic heterocycles. The van der Waals surface area contributed by atoms with Gasteiger partial charge < -0.3 is 20.7 Å². The lowest BCUT2D eigenvalue weighted by Gasteiger charge is -2.22. The molecule has 1 aromatic heterocycles. The van der Waals surface area contributed by atoms with Crippen LogP contribution in [0.1, 0.15) is 18.4 Å². The minimum atomic E-state index is -4.84. The third-order valence-electron chi connectivity index (χ3n) is 4.62. The number of nitrogens with one attached hydrogen (secondary N) is 3. The van der Waals surface area contributed by atoms with Crippen LogP contribution in [0.4, 0.5) is 30.6 Å². The molecule has 1 aliphatic rings. The van der Waals surface area contributed by atoms with Gasteiger partial charge in [0, 0.05) is 18.7 Å². The quantitative estimate of drug-likeness (QED) is 0.435. The zero-order valence-electron chi connectivity index (χ0n) is 15.9. The number of alkyl halides is 3. The molecule has 2 heterocycles. The number of hydrogen-bond acceptors (Lipinski definition) is 8. The number of aromatic nitrogens is 2. The summed E-state index contributed by atoms with van der Waals surface area (Å²) >= 11 is 0. The predicted octanol–water partition coefficient (Wildman–Crippen LogP) is 3.31. The molecule has 1 aromatic carbocycles. The first kappa shape index (κ1) is 21.6. The highest BCUT2D eigenvalue weighted by molar-refractivity contribution is 5.57. The van der Waals surface area contributed by atoms with Crippen LogP contribution < -0.4 is 20.7 Å².